The standard InChI is InChI=1S/C17H20FN3O2/c18-14-1-3-16(4-2-14)21-10-7-15(19-21)11-17(23)20-8-5-13(12-22)6-9-20/h1-4,7,10,13,22H,5-6,8-9,11-12H2. The fraction of sp³-hybridized carbons (Fsp3) is 0.412. The van der Waals surface area contributed by atoms with Gasteiger partial charge in [0.25, 0.3) is 0 Å². The van der Waals surface area contributed by atoms with Gasteiger partial charge in [0.05, 0.1) is 17.8 Å². The lowest BCUT2D eigenvalue weighted by Gasteiger charge is -2.31. The van der Waals surface area contributed by atoms with E-state index in [4.69, 9.17) is 5.11 Å². The Kier molecular flexibility index (Phi) is 4.71. The predicted octanol–water partition coefficient (Wildman–Crippen LogP) is 1.78. The largest absolute Gasteiger partial charge is 0.396 e. The Morgan fingerprint density at radius 1 is 1.22 bits per heavy atom. The molecule has 1 fully saturated rings. The van der Waals surface area contributed by atoms with Crippen LogP contribution in [-0.4, -0.2) is 45.4 Å². The molecule has 0 spiro atoms. The predicted molar refractivity (Wildman–Crippen MR) is 83.6 cm³/mol. The van der Waals surface area contributed by atoms with Crippen LogP contribution in [0, 0.1) is 11.7 Å². The minimum atomic E-state index is -0.289. The van der Waals surface area contributed by atoms with E-state index in [1.54, 1.807) is 23.0 Å². The quantitative estimate of drug-likeness (QED) is 0.935. The molecule has 1 aromatic heterocycles. The van der Waals surface area contributed by atoms with Crippen molar-refractivity contribution in [3.8, 4) is 5.69 Å². The number of aliphatic hydroxyl groups excluding tert-OH is 1. The van der Waals surface area contributed by atoms with Gasteiger partial charge in [0.2, 0.25) is 5.91 Å². The van der Waals surface area contributed by atoms with Gasteiger partial charge in [0.15, 0.2) is 0 Å². The third-order valence-corrected chi connectivity index (χ3v) is 4.29. The van der Waals surface area contributed by atoms with E-state index in [9.17, 15) is 9.18 Å². The number of carbonyl (C=O) groups is 1. The van der Waals surface area contributed by atoms with Crippen LogP contribution < -0.4 is 0 Å². The van der Waals surface area contributed by atoms with Gasteiger partial charge in [-0.1, -0.05) is 0 Å². The topological polar surface area (TPSA) is 58.4 Å². The SMILES string of the molecule is O=C(Cc1ccn(-c2ccc(F)cc2)n1)N1CCC(CO)CC1. The number of halogens is 1. The van der Waals surface area contributed by atoms with Crippen molar-refractivity contribution in [3.05, 3.63) is 48.0 Å². The van der Waals surface area contributed by atoms with E-state index in [-0.39, 0.29) is 24.8 Å². The van der Waals surface area contributed by atoms with Gasteiger partial charge in [0.1, 0.15) is 5.82 Å². The zero-order chi connectivity index (χ0) is 16.2. The van der Waals surface area contributed by atoms with Crippen molar-refractivity contribution in [2.45, 2.75) is 19.3 Å². The molecule has 0 aliphatic carbocycles. The Labute approximate surface area is 134 Å². The minimum absolute atomic E-state index is 0.0609. The maximum atomic E-state index is 12.9. The fourth-order valence-electron chi connectivity index (χ4n) is 2.83. The molecule has 0 unspecified atom stereocenters. The molecule has 1 aliphatic rings. The summed E-state index contributed by atoms with van der Waals surface area (Å²) in [5.41, 5.74) is 1.46. The summed E-state index contributed by atoms with van der Waals surface area (Å²) < 4.78 is 14.6. The summed E-state index contributed by atoms with van der Waals surface area (Å²) in [5, 5.41) is 13.5. The fourth-order valence-corrected chi connectivity index (χ4v) is 2.83. The van der Waals surface area contributed by atoms with Crippen LogP contribution in [0.2, 0.25) is 0 Å². The normalized spacial score (nSPS) is 15.8. The summed E-state index contributed by atoms with van der Waals surface area (Å²) in [5.74, 6) is 0.0880. The highest BCUT2D eigenvalue weighted by Gasteiger charge is 2.22. The molecular weight excluding hydrogens is 297 g/mol. The number of carbonyl (C=O) groups excluding carboxylic acids is 1. The van der Waals surface area contributed by atoms with Gasteiger partial charge in [-0.25, -0.2) is 9.07 Å². The molecule has 1 amide bonds. The van der Waals surface area contributed by atoms with E-state index in [0.29, 0.717) is 24.7 Å². The number of hydrogen-bond acceptors (Lipinski definition) is 3. The third kappa shape index (κ3) is 3.76. The van der Waals surface area contributed by atoms with Gasteiger partial charge in [-0.05, 0) is 49.1 Å². The van der Waals surface area contributed by atoms with Gasteiger partial charge in [-0.2, -0.15) is 5.10 Å². The number of rotatable bonds is 4. The molecule has 2 heterocycles. The Hall–Kier alpha value is -2.21. The molecule has 1 aliphatic heterocycles. The summed E-state index contributed by atoms with van der Waals surface area (Å²) in [6.45, 7) is 1.59. The lowest BCUT2D eigenvalue weighted by Crippen LogP contribution is -2.40. The number of hydrogen-bond donors (Lipinski definition) is 1. The number of benzene rings is 1. The summed E-state index contributed by atoms with van der Waals surface area (Å²) in [7, 11) is 0. The Bertz CT molecular complexity index is 661. The van der Waals surface area contributed by atoms with Crippen molar-refractivity contribution in [2.24, 2.45) is 5.92 Å². The van der Waals surface area contributed by atoms with Gasteiger partial charge in [-0.15, -0.1) is 0 Å². The van der Waals surface area contributed by atoms with Crippen LogP contribution in [0.25, 0.3) is 5.69 Å². The summed E-state index contributed by atoms with van der Waals surface area (Å²) in [6.07, 6.45) is 3.74. The lowest BCUT2D eigenvalue weighted by atomic mass is 9.97. The Balaban J connectivity index is 1.60. The van der Waals surface area contributed by atoms with Crippen molar-refractivity contribution in [1.29, 1.82) is 0 Å². The Morgan fingerprint density at radius 2 is 1.91 bits per heavy atom. The first-order valence-corrected chi connectivity index (χ1v) is 7.85. The molecule has 1 N–H and O–H groups in total. The highest BCUT2D eigenvalue weighted by molar-refractivity contribution is 5.78. The van der Waals surface area contributed by atoms with Crippen LogP contribution in [0.5, 0.6) is 0 Å². The van der Waals surface area contributed by atoms with Gasteiger partial charge < -0.3 is 10.0 Å². The van der Waals surface area contributed by atoms with Gasteiger partial charge in [-0.3, -0.25) is 4.79 Å². The van der Waals surface area contributed by atoms with Crippen molar-refractivity contribution in [3.63, 3.8) is 0 Å². The average Bonchev–Trinajstić information content (AvgIpc) is 3.04. The molecule has 3 rings (SSSR count). The van der Waals surface area contributed by atoms with E-state index < -0.39 is 0 Å². The molecule has 1 saturated heterocycles. The Morgan fingerprint density at radius 3 is 2.57 bits per heavy atom. The molecule has 0 atom stereocenters. The van der Waals surface area contributed by atoms with Crippen LogP contribution in [0.1, 0.15) is 18.5 Å². The first-order valence-electron chi connectivity index (χ1n) is 7.85. The van der Waals surface area contributed by atoms with Crippen molar-refractivity contribution in [2.75, 3.05) is 19.7 Å². The molecule has 2 aromatic rings. The molecular formula is C17H20FN3O2. The second kappa shape index (κ2) is 6.91. The van der Waals surface area contributed by atoms with E-state index in [1.807, 2.05) is 11.0 Å². The zero-order valence-electron chi connectivity index (χ0n) is 12.9. The van der Waals surface area contributed by atoms with Crippen molar-refractivity contribution < 1.29 is 14.3 Å². The van der Waals surface area contributed by atoms with Crippen LogP contribution >= 0.6 is 0 Å². The number of aliphatic hydroxyl groups is 1. The molecule has 122 valence electrons. The zero-order valence-corrected chi connectivity index (χ0v) is 12.9. The van der Waals surface area contributed by atoms with Crippen molar-refractivity contribution >= 4 is 5.91 Å². The smallest absolute Gasteiger partial charge is 0.228 e. The molecule has 23 heavy (non-hydrogen) atoms. The molecule has 0 radical (unpaired) electrons. The summed E-state index contributed by atoms with van der Waals surface area (Å²) in [6, 6.07) is 7.86. The monoisotopic (exact) mass is 317 g/mol. The second-order valence-electron chi connectivity index (χ2n) is 5.91. The van der Waals surface area contributed by atoms with E-state index in [1.165, 1.54) is 12.1 Å². The van der Waals surface area contributed by atoms with Crippen LogP contribution in [0.15, 0.2) is 36.5 Å². The second-order valence-corrected chi connectivity index (χ2v) is 5.91. The van der Waals surface area contributed by atoms with Crippen molar-refractivity contribution in [1.82, 2.24) is 14.7 Å². The molecule has 5 nitrogen and oxygen atoms in total. The highest BCUT2D eigenvalue weighted by Crippen LogP contribution is 2.17. The minimum Gasteiger partial charge on any atom is -0.396 e. The van der Waals surface area contributed by atoms with E-state index in [0.717, 1.165) is 18.5 Å². The number of aromatic nitrogens is 2. The maximum absolute atomic E-state index is 12.9. The molecule has 6 heteroatoms. The van der Waals surface area contributed by atoms with Gasteiger partial charge >= 0.3 is 0 Å². The van der Waals surface area contributed by atoms with E-state index >= 15 is 0 Å². The highest BCUT2D eigenvalue weighted by atomic mass is 19.1. The van der Waals surface area contributed by atoms with Crippen LogP contribution in [-0.2, 0) is 11.2 Å². The average molecular weight is 317 g/mol. The maximum Gasteiger partial charge on any atom is 0.228 e. The number of amides is 1. The summed E-state index contributed by atoms with van der Waals surface area (Å²) in [4.78, 5) is 14.2. The lowest BCUT2D eigenvalue weighted by molar-refractivity contribution is -0.132. The number of nitrogens with zero attached hydrogens (tertiary/aromatic N) is 3. The van der Waals surface area contributed by atoms with Crippen LogP contribution in [0.3, 0.4) is 0 Å². The first-order chi connectivity index (χ1) is 11.2. The van der Waals surface area contributed by atoms with Crippen LogP contribution in [0.4, 0.5) is 4.39 Å². The molecule has 1 aromatic carbocycles. The van der Waals surface area contributed by atoms with Gasteiger partial charge in [0, 0.05) is 25.9 Å². The third-order valence-electron chi connectivity index (χ3n) is 4.29. The number of piperidine rings is 1. The number of likely N-dealkylation sites (tertiary alicyclic amines) is 1. The van der Waals surface area contributed by atoms with E-state index in [2.05, 4.69) is 5.10 Å². The molecule has 0 saturated carbocycles. The summed E-state index contributed by atoms with van der Waals surface area (Å²) >= 11 is 0. The first kappa shape index (κ1) is 15.7. The molecule has 0 bridgehead atoms.